The van der Waals surface area contributed by atoms with Crippen molar-refractivity contribution in [3.05, 3.63) is 42.2 Å². The van der Waals surface area contributed by atoms with E-state index in [-0.39, 0.29) is 18.2 Å². The Morgan fingerprint density at radius 2 is 2.35 bits per heavy atom. The van der Waals surface area contributed by atoms with Gasteiger partial charge in [-0.1, -0.05) is 6.07 Å². The maximum atomic E-state index is 13.3. The molecule has 3 rings (SSSR count). The average Bonchev–Trinajstić information content (AvgIpc) is 3.03. The number of halogens is 1. The molecule has 1 aliphatic rings. The highest BCUT2D eigenvalue weighted by Crippen LogP contribution is 2.32. The Bertz CT molecular complexity index is 717. The highest BCUT2D eigenvalue weighted by molar-refractivity contribution is 6.01. The third-order valence-electron chi connectivity index (χ3n) is 3.70. The van der Waals surface area contributed by atoms with Crippen LogP contribution in [-0.2, 0) is 16.1 Å². The Labute approximate surface area is 131 Å². The standard InChI is InChI=1S/C15H16FN5O2/c16-10-2-3-11-12(7-14(22)20-13(11)6-10)15(23)18-4-1-5-21-9-17-8-19-21/h2-3,6,8-9,12H,1,4-5,7H2,(H,18,23)(H,20,22). The van der Waals surface area contributed by atoms with Gasteiger partial charge in [-0.3, -0.25) is 14.3 Å². The van der Waals surface area contributed by atoms with Gasteiger partial charge in [-0.05, 0) is 24.1 Å². The first-order valence-electron chi connectivity index (χ1n) is 7.33. The van der Waals surface area contributed by atoms with E-state index in [1.807, 2.05) is 0 Å². The zero-order chi connectivity index (χ0) is 16.2. The van der Waals surface area contributed by atoms with Crippen molar-refractivity contribution in [3.63, 3.8) is 0 Å². The third kappa shape index (κ3) is 3.53. The second-order valence-corrected chi connectivity index (χ2v) is 5.34. The minimum Gasteiger partial charge on any atom is -0.355 e. The van der Waals surface area contributed by atoms with Crippen molar-refractivity contribution in [2.75, 3.05) is 11.9 Å². The van der Waals surface area contributed by atoms with Crippen molar-refractivity contribution in [1.82, 2.24) is 20.1 Å². The first-order chi connectivity index (χ1) is 11.1. The Morgan fingerprint density at radius 1 is 1.48 bits per heavy atom. The van der Waals surface area contributed by atoms with Gasteiger partial charge in [-0.25, -0.2) is 9.37 Å². The molecule has 1 atom stereocenters. The lowest BCUT2D eigenvalue weighted by atomic mass is 9.89. The van der Waals surface area contributed by atoms with Gasteiger partial charge in [0.2, 0.25) is 11.8 Å². The van der Waals surface area contributed by atoms with Crippen LogP contribution in [0.4, 0.5) is 10.1 Å². The van der Waals surface area contributed by atoms with Crippen LogP contribution in [-0.4, -0.2) is 33.1 Å². The molecule has 0 fully saturated rings. The van der Waals surface area contributed by atoms with E-state index in [2.05, 4.69) is 20.7 Å². The SMILES string of the molecule is O=C1CC(C(=O)NCCCn2cncn2)c2ccc(F)cc2N1. The van der Waals surface area contributed by atoms with Gasteiger partial charge >= 0.3 is 0 Å². The fraction of sp³-hybridized carbons (Fsp3) is 0.333. The number of carbonyl (C=O) groups is 2. The summed E-state index contributed by atoms with van der Waals surface area (Å²) in [6.45, 7) is 1.11. The maximum Gasteiger partial charge on any atom is 0.228 e. The number of carbonyl (C=O) groups excluding carboxylic acids is 2. The number of fused-ring (bicyclic) bond motifs is 1. The minimum absolute atomic E-state index is 0.0630. The molecule has 2 N–H and O–H groups in total. The van der Waals surface area contributed by atoms with Crippen LogP contribution in [0.2, 0.25) is 0 Å². The average molecular weight is 317 g/mol. The Kier molecular flexibility index (Phi) is 4.31. The molecule has 1 aromatic carbocycles. The topological polar surface area (TPSA) is 88.9 Å². The third-order valence-corrected chi connectivity index (χ3v) is 3.70. The molecule has 0 spiro atoms. The fourth-order valence-electron chi connectivity index (χ4n) is 2.60. The van der Waals surface area contributed by atoms with Gasteiger partial charge in [-0.15, -0.1) is 0 Å². The van der Waals surface area contributed by atoms with Gasteiger partial charge in [0.05, 0.1) is 5.92 Å². The molecule has 1 aromatic heterocycles. The van der Waals surface area contributed by atoms with Crippen LogP contribution in [0.3, 0.4) is 0 Å². The van der Waals surface area contributed by atoms with E-state index in [1.54, 1.807) is 17.1 Å². The fourth-order valence-corrected chi connectivity index (χ4v) is 2.60. The molecule has 2 aromatic rings. The molecule has 120 valence electrons. The predicted molar refractivity (Wildman–Crippen MR) is 80.0 cm³/mol. The molecular weight excluding hydrogens is 301 g/mol. The van der Waals surface area contributed by atoms with Crippen molar-refractivity contribution in [2.45, 2.75) is 25.3 Å². The lowest BCUT2D eigenvalue weighted by molar-refractivity contribution is -0.126. The van der Waals surface area contributed by atoms with E-state index in [0.29, 0.717) is 30.8 Å². The smallest absolute Gasteiger partial charge is 0.228 e. The summed E-state index contributed by atoms with van der Waals surface area (Å²) >= 11 is 0. The summed E-state index contributed by atoms with van der Waals surface area (Å²) in [5.74, 6) is -1.55. The molecule has 0 bridgehead atoms. The van der Waals surface area contributed by atoms with E-state index in [9.17, 15) is 14.0 Å². The number of rotatable bonds is 5. The van der Waals surface area contributed by atoms with Crippen LogP contribution in [0.25, 0.3) is 0 Å². The Balaban J connectivity index is 1.60. The van der Waals surface area contributed by atoms with Crippen LogP contribution in [0.15, 0.2) is 30.9 Å². The second-order valence-electron chi connectivity index (χ2n) is 5.34. The van der Waals surface area contributed by atoms with E-state index < -0.39 is 11.7 Å². The minimum atomic E-state index is -0.592. The van der Waals surface area contributed by atoms with Crippen LogP contribution in [0.5, 0.6) is 0 Å². The van der Waals surface area contributed by atoms with Gasteiger partial charge in [0, 0.05) is 25.2 Å². The summed E-state index contributed by atoms with van der Waals surface area (Å²) in [7, 11) is 0. The van der Waals surface area contributed by atoms with Gasteiger partial charge < -0.3 is 10.6 Å². The molecule has 7 nitrogen and oxygen atoms in total. The molecule has 1 aliphatic heterocycles. The van der Waals surface area contributed by atoms with Gasteiger partial charge in [0.15, 0.2) is 0 Å². The molecule has 0 saturated carbocycles. The number of aromatic nitrogens is 3. The number of anilines is 1. The number of nitrogens with zero attached hydrogens (tertiary/aromatic N) is 3. The molecule has 2 amide bonds. The van der Waals surface area contributed by atoms with E-state index in [0.717, 1.165) is 0 Å². The van der Waals surface area contributed by atoms with Crippen molar-refractivity contribution >= 4 is 17.5 Å². The first-order valence-corrected chi connectivity index (χ1v) is 7.33. The first kappa shape index (κ1) is 15.1. The molecular formula is C15H16FN5O2. The lowest BCUT2D eigenvalue weighted by Crippen LogP contribution is -2.35. The Hall–Kier alpha value is -2.77. The van der Waals surface area contributed by atoms with Crippen LogP contribution < -0.4 is 10.6 Å². The normalized spacial score (nSPS) is 16.6. The number of hydrogen-bond donors (Lipinski definition) is 2. The summed E-state index contributed by atoms with van der Waals surface area (Å²) < 4.78 is 14.9. The van der Waals surface area contributed by atoms with E-state index in [4.69, 9.17) is 0 Å². The van der Waals surface area contributed by atoms with Crippen molar-refractivity contribution in [3.8, 4) is 0 Å². The molecule has 1 unspecified atom stereocenters. The van der Waals surface area contributed by atoms with Gasteiger partial charge in [0.25, 0.3) is 0 Å². The second kappa shape index (κ2) is 6.55. The van der Waals surface area contributed by atoms with Crippen molar-refractivity contribution in [1.29, 1.82) is 0 Å². The van der Waals surface area contributed by atoms with Crippen LogP contribution >= 0.6 is 0 Å². The highest BCUT2D eigenvalue weighted by Gasteiger charge is 2.30. The summed E-state index contributed by atoms with van der Waals surface area (Å²) in [5, 5.41) is 9.39. The van der Waals surface area contributed by atoms with Crippen molar-refractivity contribution < 1.29 is 14.0 Å². The van der Waals surface area contributed by atoms with Crippen LogP contribution in [0, 0.1) is 5.82 Å². The molecule has 23 heavy (non-hydrogen) atoms. The number of benzene rings is 1. The van der Waals surface area contributed by atoms with Gasteiger partial charge in [0.1, 0.15) is 18.5 Å². The predicted octanol–water partition coefficient (Wildman–Crippen LogP) is 1.05. The lowest BCUT2D eigenvalue weighted by Gasteiger charge is -2.24. The zero-order valence-electron chi connectivity index (χ0n) is 12.3. The highest BCUT2D eigenvalue weighted by atomic mass is 19.1. The summed E-state index contributed by atoms with van der Waals surface area (Å²) in [6, 6.07) is 4.07. The quantitative estimate of drug-likeness (QED) is 0.807. The van der Waals surface area contributed by atoms with Crippen LogP contribution in [0.1, 0.15) is 24.3 Å². The number of aryl methyl sites for hydroxylation is 1. The molecule has 0 aliphatic carbocycles. The molecule has 0 saturated heterocycles. The molecule has 2 heterocycles. The van der Waals surface area contributed by atoms with Gasteiger partial charge in [-0.2, -0.15) is 5.10 Å². The largest absolute Gasteiger partial charge is 0.355 e. The maximum absolute atomic E-state index is 13.3. The van der Waals surface area contributed by atoms with E-state index in [1.165, 1.54) is 18.5 Å². The monoisotopic (exact) mass is 317 g/mol. The van der Waals surface area contributed by atoms with Crippen molar-refractivity contribution in [2.24, 2.45) is 0 Å². The summed E-state index contributed by atoms with van der Waals surface area (Å²) in [5.41, 5.74) is 1.00. The number of hydrogen-bond acceptors (Lipinski definition) is 4. The summed E-state index contributed by atoms with van der Waals surface area (Å²) in [6.07, 6.45) is 3.82. The number of amides is 2. The molecule has 8 heteroatoms. The Morgan fingerprint density at radius 3 is 3.13 bits per heavy atom. The van der Waals surface area contributed by atoms with E-state index >= 15 is 0 Å². The number of nitrogens with one attached hydrogen (secondary N) is 2. The summed E-state index contributed by atoms with van der Waals surface area (Å²) in [4.78, 5) is 27.9. The zero-order valence-corrected chi connectivity index (χ0v) is 12.3. The molecule has 0 radical (unpaired) electrons.